The van der Waals surface area contributed by atoms with Crippen LogP contribution in [0.15, 0.2) is 36.4 Å². The average molecular weight is 585 g/mol. The first-order chi connectivity index (χ1) is 19.2. The first kappa shape index (κ1) is 31.9. The van der Waals surface area contributed by atoms with E-state index in [1.54, 1.807) is 37.8 Å². The summed E-state index contributed by atoms with van der Waals surface area (Å²) >= 11 is 6.45. The number of rotatable bonds is 10. The molecule has 2 atom stereocenters. The third-order valence-corrected chi connectivity index (χ3v) is 7.43. The maximum Gasteiger partial charge on any atom is 0.408 e. The van der Waals surface area contributed by atoms with Crippen LogP contribution in [0, 0.1) is 20.8 Å². The van der Waals surface area contributed by atoms with Crippen molar-refractivity contribution in [3.63, 3.8) is 0 Å². The molecule has 0 radical (unpaired) electrons. The number of alkyl carbamates (subject to hydrolysis) is 1. The summed E-state index contributed by atoms with van der Waals surface area (Å²) < 4.78 is 5.41. The highest BCUT2D eigenvalue weighted by Crippen LogP contribution is 2.37. The third-order valence-electron chi connectivity index (χ3n) is 7.12. The number of nitrogens with two attached hydrogens (primary N) is 1. The number of benzene rings is 2. The molecule has 0 spiro atoms. The Morgan fingerprint density at radius 2 is 1.76 bits per heavy atom. The molecule has 4 N–H and O–H groups in total. The van der Waals surface area contributed by atoms with Gasteiger partial charge in [-0.1, -0.05) is 47.5 Å². The number of nitrogens with one attached hydrogen (secondary N) is 2. The Labute approximate surface area is 247 Å². The molecule has 2 aromatic carbocycles. The van der Waals surface area contributed by atoms with E-state index in [0.29, 0.717) is 29.1 Å². The summed E-state index contributed by atoms with van der Waals surface area (Å²) in [4.78, 5) is 54.6. The highest BCUT2D eigenvalue weighted by molar-refractivity contribution is 6.34. The van der Waals surface area contributed by atoms with Gasteiger partial charge in [0.2, 0.25) is 11.8 Å². The van der Waals surface area contributed by atoms with Gasteiger partial charge in [0.05, 0.1) is 10.7 Å². The van der Waals surface area contributed by atoms with Gasteiger partial charge in [-0.05, 0) is 90.0 Å². The van der Waals surface area contributed by atoms with Crippen molar-refractivity contribution >= 4 is 41.1 Å². The maximum absolute atomic E-state index is 14.4. The van der Waals surface area contributed by atoms with Gasteiger partial charge in [-0.25, -0.2) is 4.79 Å². The van der Waals surface area contributed by atoms with Crippen molar-refractivity contribution in [1.29, 1.82) is 0 Å². The summed E-state index contributed by atoms with van der Waals surface area (Å²) in [6, 6.07) is 8.68. The van der Waals surface area contributed by atoms with Crippen molar-refractivity contribution < 1.29 is 23.9 Å². The number of para-hydroxylation sites is 1. The van der Waals surface area contributed by atoms with Crippen LogP contribution in [0.1, 0.15) is 81.2 Å². The lowest BCUT2D eigenvalue weighted by Gasteiger charge is -2.44. The largest absolute Gasteiger partial charge is 0.444 e. The van der Waals surface area contributed by atoms with Crippen LogP contribution in [-0.4, -0.2) is 46.4 Å². The van der Waals surface area contributed by atoms with E-state index in [2.05, 4.69) is 10.6 Å². The highest BCUT2D eigenvalue weighted by Gasteiger charge is 2.42. The monoisotopic (exact) mass is 584 g/mol. The molecule has 41 heavy (non-hydrogen) atoms. The zero-order valence-electron chi connectivity index (χ0n) is 24.7. The minimum Gasteiger partial charge on any atom is -0.444 e. The molecule has 4 amide bonds. The molecule has 2 unspecified atom stereocenters. The number of carbonyl (C=O) groups excluding carboxylic acids is 4. The van der Waals surface area contributed by atoms with E-state index in [4.69, 9.17) is 22.1 Å². The van der Waals surface area contributed by atoms with Crippen LogP contribution in [0.2, 0.25) is 5.02 Å². The summed E-state index contributed by atoms with van der Waals surface area (Å²) in [6.07, 6.45) is 1.31. The molecule has 1 fully saturated rings. The van der Waals surface area contributed by atoms with E-state index in [0.717, 1.165) is 23.1 Å². The molecule has 0 aliphatic heterocycles. The zero-order valence-corrected chi connectivity index (χ0v) is 25.4. The second-order valence-corrected chi connectivity index (χ2v) is 12.1. The third kappa shape index (κ3) is 8.45. The van der Waals surface area contributed by atoms with E-state index < -0.39 is 41.5 Å². The molecule has 222 valence electrons. The maximum atomic E-state index is 14.4. The molecule has 0 saturated heterocycles. The van der Waals surface area contributed by atoms with E-state index >= 15 is 0 Å². The fraction of sp³-hybridized carbons (Fsp3) is 0.484. The molecular formula is C31H41ClN4O5. The molecular weight excluding hydrogens is 544 g/mol. The number of primary amides is 1. The lowest BCUT2D eigenvalue weighted by Crippen LogP contribution is -2.57. The van der Waals surface area contributed by atoms with Crippen LogP contribution < -0.4 is 16.4 Å². The number of ether oxygens (including phenoxy) is 1. The van der Waals surface area contributed by atoms with Gasteiger partial charge in [0.15, 0.2) is 0 Å². The Morgan fingerprint density at radius 1 is 1.07 bits per heavy atom. The SMILES string of the molecule is Cc1ccc(C)c(C(C(=O)Nc2c(C)cccc2Cl)N(C(=O)C(CCC(N)=O)NC(=O)OC(C)(C)C)C2CCC2)c1. The van der Waals surface area contributed by atoms with E-state index in [-0.39, 0.29) is 18.9 Å². The summed E-state index contributed by atoms with van der Waals surface area (Å²) in [7, 11) is 0. The fourth-order valence-electron chi connectivity index (χ4n) is 4.81. The van der Waals surface area contributed by atoms with Gasteiger partial charge < -0.3 is 26.0 Å². The lowest BCUT2D eigenvalue weighted by molar-refractivity contribution is -0.146. The number of halogens is 1. The van der Waals surface area contributed by atoms with E-state index in [9.17, 15) is 19.2 Å². The van der Waals surface area contributed by atoms with Gasteiger partial charge in [0.1, 0.15) is 17.7 Å². The second-order valence-electron chi connectivity index (χ2n) is 11.7. The number of amides is 4. The van der Waals surface area contributed by atoms with Gasteiger partial charge in [-0.15, -0.1) is 0 Å². The zero-order chi connectivity index (χ0) is 30.5. The van der Waals surface area contributed by atoms with Crippen molar-refractivity contribution in [3.8, 4) is 0 Å². The number of hydrogen-bond donors (Lipinski definition) is 3. The molecule has 0 aromatic heterocycles. The Morgan fingerprint density at radius 3 is 2.32 bits per heavy atom. The Hall–Kier alpha value is -3.59. The number of carbonyl (C=O) groups is 4. The predicted molar refractivity (Wildman–Crippen MR) is 160 cm³/mol. The van der Waals surface area contributed by atoms with Gasteiger partial charge in [0.25, 0.3) is 5.91 Å². The highest BCUT2D eigenvalue weighted by atomic mass is 35.5. The molecule has 1 saturated carbocycles. The van der Waals surface area contributed by atoms with Crippen LogP contribution in [0.5, 0.6) is 0 Å². The average Bonchev–Trinajstić information content (AvgIpc) is 2.83. The summed E-state index contributed by atoms with van der Waals surface area (Å²) in [5.74, 6) is -1.53. The summed E-state index contributed by atoms with van der Waals surface area (Å²) in [5, 5.41) is 5.99. The van der Waals surface area contributed by atoms with E-state index in [1.165, 1.54) is 0 Å². The van der Waals surface area contributed by atoms with Crippen LogP contribution in [0.25, 0.3) is 0 Å². The molecule has 10 heteroatoms. The van der Waals surface area contributed by atoms with Gasteiger partial charge in [-0.3, -0.25) is 14.4 Å². The van der Waals surface area contributed by atoms with Gasteiger partial charge >= 0.3 is 6.09 Å². The molecule has 0 heterocycles. The fourth-order valence-corrected chi connectivity index (χ4v) is 5.08. The minimum absolute atomic E-state index is 0.0403. The summed E-state index contributed by atoms with van der Waals surface area (Å²) in [5.41, 5.74) is 8.27. The predicted octanol–water partition coefficient (Wildman–Crippen LogP) is 5.48. The van der Waals surface area contributed by atoms with Crippen molar-refractivity contribution in [2.24, 2.45) is 5.73 Å². The topological polar surface area (TPSA) is 131 Å². The molecule has 2 aromatic rings. The number of nitrogens with zero attached hydrogens (tertiary/aromatic N) is 1. The quantitative estimate of drug-likeness (QED) is 0.340. The standard InChI is InChI=1S/C31H41ClN4O5/c1-18-13-14-19(2)22(17-18)27(28(38)35-26-20(3)9-7-12-23(26)32)36(21-10-8-11-21)29(39)24(15-16-25(33)37)34-30(40)41-31(4,5)6/h7,9,12-14,17,21,24,27H,8,10-11,15-16H2,1-6H3,(H2,33,37)(H,34,40)(H,35,38). The molecule has 1 aliphatic carbocycles. The smallest absolute Gasteiger partial charge is 0.408 e. The van der Waals surface area contributed by atoms with Crippen molar-refractivity contribution in [1.82, 2.24) is 10.2 Å². The first-order valence-corrected chi connectivity index (χ1v) is 14.3. The van der Waals surface area contributed by atoms with Crippen molar-refractivity contribution in [2.45, 2.75) is 97.4 Å². The van der Waals surface area contributed by atoms with Gasteiger partial charge in [-0.2, -0.15) is 0 Å². The molecule has 3 rings (SSSR count). The van der Waals surface area contributed by atoms with Crippen LogP contribution in [0.4, 0.5) is 10.5 Å². The minimum atomic E-state index is -1.14. The molecule has 0 bridgehead atoms. The van der Waals surface area contributed by atoms with Crippen molar-refractivity contribution in [2.75, 3.05) is 5.32 Å². The molecule has 1 aliphatic rings. The van der Waals surface area contributed by atoms with E-state index in [1.807, 2.05) is 45.0 Å². The van der Waals surface area contributed by atoms with Crippen molar-refractivity contribution in [3.05, 3.63) is 63.7 Å². The number of anilines is 1. The summed E-state index contributed by atoms with van der Waals surface area (Å²) in [6.45, 7) is 10.8. The first-order valence-electron chi connectivity index (χ1n) is 13.9. The number of aryl methyl sites for hydroxylation is 3. The Balaban J connectivity index is 2.10. The normalized spacial score (nSPS) is 14.8. The Kier molecular flexibility index (Phi) is 10.4. The van der Waals surface area contributed by atoms with Crippen LogP contribution in [-0.2, 0) is 19.1 Å². The molecule has 9 nitrogen and oxygen atoms in total. The van der Waals surface area contributed by atoms with Gasteiger partial charge in [0, 0.05) is 12.5 Å². The number of hydrogen-bond acceptors (Lipinski definition) is 5. The van der Waals surface area contributed by atoms with Crippen LogP contribution >= 0.6 is 11.6 Å². The Bertz CT molecular complexity index is 1280. The van der Waals surface area contributed by atoms with Crippen LogP contribution in [0.3, 0.4) is 0 Å². The second kappa shape index (κ2) is 13.4. The lowest BCUT2D eigenvalue weighted by atomic mass is 9.86.